The molecule has 3 heterocycles. The lowest BCUT2D eigenvalue weighted by atomic mass is 9.99. The van der Waals surface area contributed by atoms with Crippen LogP contribution in [0, 0.1) is 12.7 Å². The van der Waals surface area contributed by atoms with E-state index in [4.69, 9.17) is 0 Å². The van der Waals surface area contributed by atoms with E-state index in [0.29, 0.717) is 0 Å². The second kappa shape index (κ2) is 6.35. The molecule has 138 valence electrons. The molecule has 2 aliphatic heterocycles. The van der Waals surface area contributed by atoms with Gasteiger partial charge in [-0.15, -0.1) is 0 Å². The van der Waals surface area contributed by atoms with E-state index in [0.717, 1.165) is 44.5 Å². The van der Waals surface area contributed by atoms with Crippen molar-refractivity contribution in [1.82, 2.24) is 9.47 Å². The molecule has 2 aromatic carbocycles. The summed E-state index contributed by atoms with van der Waals surface area (Å²) in [4.78, 5) is 2.43. The maximum atomic E-state index is 13.4. The largest absolute Gasteiger partial charge is 0.340 e. The third kappa shape index (κ3) is 2.81. The summed E-state index contributed by atoms with van der Waals surface area (Å²) in [5.41, 5.74) is 9.64. The van der Waals surface area contributed by atoms with Crippen LogP contribution in [-0.4, -0.2) is 29.6 Å². The van der Waals surface area contributed by atoms with Gasteiger partial charge in [-0.3, -0.25) is 0 Å². The molecular weight excluding hydrogens is 335 g/mol. The highest BCUT2D eigenvalue weighted by Gasteiger charge is 2.24. The molecule has 0 saturated heterocycles. The average Bonchev–Trinajstić information content (AvgIpc) is 2.79. The molecule has 1 aromatic heterocycles. The van der Waals surface area contributed by atoms with Gasteiger partial charge in [-0.1, -0.05) is 29.8 Å². The van der Waals surface area contributed by atoms with Crippen LogP contribution in [0.15, 0.2) is 42.5 Å². The number of likely N-dealkylation sites (N-methyl/N-ethyl adjacent to an activating group) is 1. The zero-order valence-electron chi connectivity index (χ0n) is 16.1. The predicted molar refractivity (Wildman–Crippen MR) is 110 cm³/mol. The Kier molecular flexibility index (Phi) is 3.94. The lowest BCUT2D eigenvalue weighted by Crippen LogP contribution is -2.21. The molecule has 0 saturated carbocycles. The predicted octanol–water partition coefficient (Wildman–Crippen LogP) is 4.76. The van der Waals surface area contributed by atoms with Crippen molar-refractivity contribution in [2.24, 2.45) is 0 Å². The van der Waals surface area contributed by atoms with Crippen LogP contribution in [0.2, 0.25) is 0 Å². The second-order valence-corrected chi connectivity index (χ2v) is 8.08. The summed E-state index contributed by atoms with van der Waals surface area (Å²) in [6.07, 6.45) is 5.49. The summed E-state index contributed by atoms with van der Waals surface area (Å²) >= 11 is 0. The third-order valence-electron chi connectivity index (χ3n) is 6.19. The molecule has 0 bridgehead atoms. The molecule has 2 nitrogen and oxygen atoms in total. The van der Waals surface area contributed by atoms with Gasteiger partial charge >= 0.3 is 0 Å². The van der Waals surface area contributed by atoms with Crippen LogP contribution in [0.4, 0.5) is 4.39 Å². The SMILES string of the molecule is Cc1cc2c3c(c1)c1c(n3CC(c3ccc(F)cc3)=CC2)CCN(C)CC1. The number of nitrogens with zero attached hydrogens (tertiary/aromatic N) is 2. The average molecular weight is 360 g/mol. The number of hydrogen-bond acceptors (Lipinski definition) is 1. The Balaban J connectivity index is 1.70. The number of benzene rings is 2. The minimum absolute atomic E-state index is 0.174. The Morgan fingerprint density at radius 2 is 1.78 bits per heavy atom. The van der Waals surface area contributed by atoms with Crippen LogP contribution >= 0.6 is 0 Å². The summed E-state index contributed by atoms with van der Waals surface area (Å²) < 4.78 is 16.0. The van der Waals surface area contributed by atoms with Gasteiger partial charge < -0.3 is 9.47 Å². The van der Waals surface area contributed by atoms with Gasteiger partial charge in [0.1, 0.15) is 5.82 Å². The van der Waals surface area contributed by atoms with Crippen molar-refractivity contribution in [1.29, 1.82) is 0 Å². The number of hydrogen-bond donors (Lipinski definition) is 0. The Labute approximate surface area is 159 Å². The van der Waals surface area contributed by atoms with Gasteiger partial charge in [0.2, 0.25) is 0 Å². The summed E-state index contributed by atoms with van der Waals surface area (Å²) in [5.74, 6) is -0.174. The van der Waals surface area contributed by atoms with E-state index < -0.39 is 0 Å². The number of allylic oxidation sites excluding steroid dienone is 2. The molecule has 3 aromatic rings. The van der Waals surface area contributed by atoms with E-state index in [2.05, 4.69) is 41.6 Å². The third-order valence-corrected chi connectivity index (χ3v) is 6.19. The van der Waals surface area contributed by atoms with Crippen LogP contribution in [0.1, 0.15) is 27.9 Å². The first-order valence-electron chi connectivity index (χ1n) is 9.87. The van der Waals surface area contributed by atoms with Crippen molar-refractivity contribution < 1.29 is 4.39 Å². The maximum absolute atomic E-state index is 13.4. The molecule has 0 atom stereocenters. The van der Waals surface area contributed by atoms with Crippen molar-refractivity contribution >= 4 is 16.5 Å². The van der Waals surface area contributed by atoms with E-state index >= 15 is 0 Å². The monoisotopic (exact) mass is 360 g/mol. The molecular formula is C24H25FN2. The van der Waals surface area contributed by atoms with Crippen LogP contribution in [0.25, 0.3) is 16.5 Å². The van der Waals surface area contributed by atoms with Crippen molar-refractivity contribution in [3.05, 3.63) is 76.2 Å². The molecule has 27 heavy (non-hydrogen) atoms. The van der Waals surface area contributed by atoms with Gasteiger partial charge in [0.15, 0.2) is 0 Å². The Morgan fingerprint density at radius 3 is 2.59 bits per heavy atom. The summed E-state index contributed by atoms with van der Waals surface area (Å²) in [6, 6.07) is 11.7. The minimum Gasteiger partial charge on any atom is -0.340 e. The highest BCUT2D eigenvalue weighted by molar-refractivity contribution is 5.91. The van der Waals surface area contributed by atoms with Crippen LogP contribution in [-0.2, 0) is 25.8 Å². The standard InChI is InChI=1S/C24H25FN2/c1-16-13-18-3-4-19(17-5-7-20(25)8-6-17)15-27-23-10-12-26(2)11-9-21(23)22(14-16)24(18)27/h4-8,13-14H,3,9-12,15H2,1-2H3. The Morgan fingerprint density at radius 1 is 1.00 bits per heavy atom. The highest BCUT2D eigenvalue weighted by Crippen LogP contribution is 2.36. The van der Waals surface area contributed by atoms with E-state index in [1.165, 1.54) is 33.3 Å². The Bertz CT molecular complexity index is 1060. The first kappa shape index (κ1) is 16.8. The van der Waals surface area contributed by atoms with Crippen molar-refractivity contribution in [2.75, 3.05) is 20.1 Å². The fourth-order valence-corrected chi connectivity index (χ4v) is 4.80. The molecule has 5 rings (SSSR count). The minimum atomic E-state index is -0.174. The highest BCUT2D eigenvalue weighted by atomic mass is 19.1. The lowest BCUT2D eigenvalue weighted by Gasteiger charge is -2.15. The maximum Gasteiger partial charge on any atom is 0.123 e. The zero-order chi connectivity index (χ0) is 18.5. The molecule has 0 N–H and O–H groups in total. The summed E-state index contributed by atoms with van der Waals surface area (Å²) in [7, 11) is 2.22. The fraction of sp³-hybridized carbons (Fsp3) is 0.333. The normalized spacial score (nSPS) is 17.4. The van der Waals surface area contributed by atoms with E-state index in [-0.39, 0.29) is 5.82 Å². The van der Waals surface area contributed by atoms with Crippen LogP contribution in [0.5, 0.6) is 0 Å². The summed E-state index contributed by atoms with van der Waals surface area (Å²) in [6.45, 7) is 5.30. The zero-order valence-corrected chi connectivity index (χ0v) is 16.1. The molecule has 2 aliphatic rings. The number of rotatable bonds is 1. The first-order valence-corrected chi connectivity index (χ1v) is 9.87. The van der Waals surface area contributed by atoms with Gasteiger partial charge in [0.25, 0.3) is 0 Å². The number of halogens is 1. The van der Waals surface area contributed by atoms with Crippen LogP contribution < -0.4 is 0 Å². The number of aryl methyl sites for hydroxylation is 1. The van der Waals surface area contributed by atoms with Crippen molar-refractivity contribution in [2.45, 2.75) is 32.7 Å². The second-order valence-electron chi connectivity index (χ2n) is 8.08. The molecule has 0 radical (unpaired) electrons. The Hall–Kier alpha value is -2.39. The van der Waals surface area contributed by atoms with E-state index in [9.17, 15) is 4.39 Å². The molecule has 0 unspecified atom stereocenters. The molecule has 0 amide bonds. The summed E-state index contributed by atoms with van der Waals surface area (Å²) in [5, 5.41) is 1.45. The van der Waals surface area contributed by atoms with Crippen molar-refractivity contribution in [3.8, 4) is 0 Å². The van der Waals surface area contributed by atoms with Gasteiger partial charge in [-0.05, 0) is 67.3 Å². The molecule has 0 aliphatic carbocycles. The van der Waals surface area contributed by atoms with Crippen LogP contribution in [0.3, 0.4) is 0 Å². The van der Waals surface area contributed by atoms with Gasteiger partial charge in [0.05, 0.1) is 5.52 Å². The van der Waals surface area contributed by atoms with Gasteiger partial charge in [0, 0.05) is 37.1 Å². The smallest absolute Gasteiger partial charge is 0.123 e. The number of aromatic nitrogens is 1. The fourth-order valence-electron chi connectivity index (χ4n) is 4.80. The molecule has 3 heteroatoms. The molecule has 0 spiro atoms. The lowest BCUT2D eigenvalue weighted by molar-refractivity contribution is 0.351. The van der Waals surface area contributed by atoms with E-state index in [1.807, 2.05) is 12.1 Å². The van der Waals surface area contributed by atoms with Gasteiger partial charge in [-0.2, -0.15) is 0 Å². The van der Waals surface area contributed by atoms with Gasteiger partial charge in [-0.25, -0.2) is 4.39 Å². The number of fused-ring (bicyclic) bond motifs is 3. The molecule has 0 fully saturated rings. The van der Waals surface area contributed by atoms with Crippen molar-refractivity contribution in [3.63, 3.8) is 0 Å². The quantitative estimate of drug-likeness (QED) is 0.607. The van der Waals surface area contributed by atoms with E-state index in [1.54, 1.807) is 17.7 Å². The topological polar surface area (TPSA) is 8.17 Å². The first-order chi connectivity index (χ1) is 13.1.